The molecule has 0 radical (unpaired) electrons. The van der Waals surface area contributed by atoms with Crippen LogP contribution in [0, 0.1) is 0 Å². The maximum atomic E-state index is 5.84. The topological polar surface area (TPSA) is 54.7 Å². The maximum absolute atomic E-state index is 5.84. The molecule has 0 saturated heterocycles. The second kappa shape index (κ2) is 5.67. The van der Waals surface area contributed by atoms with Crippen molar-refractivity contribution in [1.29, 1.82) is 0 Å². The second-order valence-corrected chi connectivity index (χ2v) is 4.97. The van der Waals surface area contributed by atoms with Crippen molar-refractivity contribution in [2.75, 3.05) is 0 Å². The number of H-pyrrole nitrogens is 1. The van der Waals surface area contributed by atoms with Crippen molar-refractivity contribution in [3.05, 3.63) is 51.0 Å². The van der Waals surface area contributed by atoms with Gasteiger partial charge in [-0.05, 0) is 46.5 Å². The number of nitrogens with two attached hydrogens (primary N) is 1. The Morgan fingerprint density at radius 2 is 1.94 bits per heavy atom. The number of halogens is 2. The van der Waals surface area contributed by atoms with Crippen LogP contribution < -0.4 is 5.73 Å². The molecule has 0 aliphatic carbocycles. The van der Waals surface area contributed by atoms with E-state index in [1.807, 2.05) is 24.3 Å². The van der Waals surface area contributed by atoms with Crippen molar-refractivity contribution < 1.29 is 0 Å². The number of imidazole rings is 1. The first-order valence-corrected chi connectivity index (χ1v) is 6.54. The normalized spacial score (nSPS) is 10.8. The van der Waals surface area contributed by atoms with Crippen LogP contribution in [0.5, 0.6) is 0 Å². The van der Waals surface area contributed by atoms with E-state index in [1.54, 1.807) is 0 Å². The first-order valence-electron chi connectivity index (χ1n) is 5.37. The van der Waals surface area contributed by atoms with Gasteiger partial charge < -0.3 is 10.7 Å². The van der Waals surface area contributed by atoms with E-state index in [0.29, 0.717) is 6.54 Å². The van der Waals surface area contributed by atoms with Gasteiger partial charge >= 0.3 is 0 Å². The Labute approximate surface area is 114 Å². The van der Waals surface area contributed by atoms with Crippen LogP contribution in [-0.2, 0) is 19.4 Å². The van der Waals surface area contributed by atoms with Crippen LogP contribution in [0.4, 0.5) is 0 Å². The number of aromatic amines is 1. The van der Waals surface area contributed by atoms with Crippen molar-refractivity contribution in [2.45, 2.75) is 19.4 Å². The zero-order chi connectivity index (χ0) is 12.3. The lowest BCUT2D eigenvalue weighted by molar-refractivity contribution is 0.893. The Balaban J connectivity index is 2.01. The van der Waals surface area contributed by atoms with E-state index in [-0.39, 0.29) is 0 Å². The molecule has 1 aromatic carbocycles. The van der Waals surface area contributed by atoms with Crippen molar-refractivity contribution in [3.63, 3.8) is 0 Å². The molecule has 5 heteroatoms. The van der Waals surface area contributed by atoms with E-state index < -0.39 is 0 Å². The van der Waals surface area contributed by atoms with Gasteiger partial charge in [0.05, 0.1) is 6.54 Å². The second-order valence-electron chi connectivity index (χ2n) is 3.78. The van der Waals surface area contributed by atoms with Crippen molar-refractivity contribution >= 4 is 27.5 Å². The summed E-state index contributed by atoms with van der Waals surface area (Å²) in [4.78, 5) is 7.47. The molecule has 1 heterocycles. The van der Waals surface area contributed by atoms with Crippen LogP contribution in [0.15, 0.2) is 28.9 Å². The van der Waals surface area contributed by atoms with Gasteiger partial charge in [0.2, 0.25) is 0 Å². The number of benzene rings is 1. The number of aryl methyl sites for hydroxylation is 2. The lowest BCUT2D eigenvalue weighted by atomic mass is 10.1. The molecule has 2 rings (SSSR count). The van der Waals surface area contributed by atoms with E-state index in [0.717, 1.165) is 34.0 Å². The minimum atomic E-state index is 0.430. The van der Waals surface area contributed by atoms with E-state index in [2.05, 4.69) is 25.9 Å². The minimum absolute atomic E-state index is 0.430. The lowest BCUT2D eigenvalue weighted by Gasteiger charge is -2.00. The molecule has 0 aliphatic rings. The van der Waals surface area contributed by atoms with Gasteiger partial charge in [-0.3, -0.25) is 0 Å². The number of aromatic nitrogens is 2. The predicted octanol–water partition coefficient (Wildman–Crippen LogP) is 3.07. The Morgan fingerprint density at radius 1 is 1.24 bits per heavy atom. The van der Waals surface area contributed by atoms with Crippen LogP contribution in [0.2, 0.25) is 5.02 Å². The Kier molecular flexibility index (Phi) is 4.20. The van der Waals surface area contributed by atoms with Gasteiger partial charge in [-0.25, -0.2) is 4.98 Å². The van der Waals surface area contributed by atoms with Gasteiger partial charge in [0.15, 0.2) is 0 Å². The summed E-state index contributed by atoms with van der Waals surface area (Å²) >= 11 is 9.26. The fourth-order valence-electron chi connectivity index (χ4n) is 1.62. The summed E-state index contributed by atoms with van der Waals surface area (Å²) in [6, 6.07) is 7.89. The Bertz CT molecular complexity index is 493. The quantitative estimate of drug-likeness (QED) is 0.911. The Morgan fingerprint density at radius 3 is 2.53 bits per heavy atom. The fourth-order valence-corrected chi connectivity index (χ4v) is 2.26. The fraction of sp³-hybridized carbons (Fsp3) is 0.250. The molecule has 3 N–H and O–H groups in total. The van der Waals surface area contributed by atoms with E-state index >= 15 is 0 Å². The molecule has 0 bridgehead atoms. The summed E-state index contributed by atoms with van der Waals surface area (Å²) in [7, 11) is 0. The largest absolute Gasteiger partial charge is 0.344 e. The van der Waals surface area contributed by atoms with E-state index in [9.17, 15) is 0 Å². The number of nitrogens with zero attached hydrogens (tertiary/aromatic N) is 1. The van der Waals surface area contributed by atoms with Crippen LogP contribution in [0.3, 0.4) is 0 Å². The average Bonchev–Trinajstić information content (AvgIpc) is 2.69. The van der Waals surface area contributed by atoms with Crippen molar-refractivity contribution in [2.24, 2.45) is 5.73 Å². The van der Waals surface area contributed by atoms with Gasteiger partial charge in [-0.2, -0.15) is 0 Å². The number of rotatable bonds is 4. The third-order valence-electron chi connectivity index (χ3n) is 2.55. The van der Waals surface area contributed by atoms with Gasteiger partial charge in [-0.1, -0.05) is 23.7 Å². The first kappa shape index (κ1) is 12.6. The molecule has 0 aliphatic heterocycles. The molecule has 90 valence electrons. The van der Waals surface area contributed by atoms with E-state index in [4.69, 9.17) is 17.3 Å². The molecule has 1 aromatic heterocycles. The number of hydrogen-bond acceptors (Lipinski definition) is 2. The molecule has 0 spiro atoms. The number of hydrogen-bond donors (Lipinski definition) is 2. The predicted molar refractivity (Wildman–Crippen MR) is 73.0 cm³/mol. The highest BCUT2D eigenvalue weighted by molar-refractivity contribution is 9.10. The molecular weight excluding hydrogens is 302 g/mol. The third-order valence-corrected chi connectivity index (χ3v) is 3.46. The third kappa shape index (κ3) is 3.31. The summed E-state index contributed by atoms with van der Waals surface area (Å²) in [5.74, 6) is 0.808. The van der Waals surface area contributed by atoms with Gasteiger partial charge in [-0.15, -0.1) is 0 Å². The Hall–Kier alpha value is -0.840. The molecule has 0 amide bonds. The van der Waals surface area contributed by atoms with E-state index in [1.165, 1.54) is 5.56 Å². The summed E-state index contributed by atoms with van der Waals surface area (Å²) in [5.41, 5.74) is 7.87. The van der Waals surface area contributed by atoms with Crippen LogP contribution in [-0.4, -0.2) is 9.97 Å². The first-order chi connectivity index (χ1) is 8.19. The van der Waals surface area contributed by atoms with Gasteiger partial charge in [0.1, 0.15) is 10.4 Å². The molecular formula is C12H13BrClN3. The summed E-state index contributed by atoms with van der Waals surface area (Å²) in [6.07, 6.45) is 1.84. The highest BCUT2D eigenvalue weighted by Crippen LogP contribution is 2.17. The smallest absolute Gasteiger partial charge is 0.127 e. The zero-order valence-electron chi connectivity index (χ0n) is 9.21. The molecule has 17 heavy (non-hydrogen) atoms. The monoisotopic (exact) mass is 313 g/mol. The molecule has 0 saturated carbocycles. The molecule has 0 atom stereocenters. The molecule has 0 unspecified atom stereocenters. The highest BCUT2D eigenvalue weighted by Gasteiger charge is 2.06. The highest BCUT2D eigenvalue weighted by atomic mass is 79.9. The molecule has 0 fully saturated rings. The van der Waals surface area contributed by atoms with Crippen LogP contribution in [0.1, 0.15) is 17.1 Å². The van der Waals surface area contributed by atoms with Gasteiger partial charge in [0, 0.05) is 10.7 Å². The van der Waals surface area contributed by atoms with Crippen LogP contribution in [0.25, 0.3) is 0 Å². The lowest BCUT2D eigenvalue weighted by Crippen LogP contribution is -1.98. The van der Waals surface area contributed by atoms with Crippen molar-refractivity contribution in [1.82, 2.24) is 9.97 Å². The standard InChI is InChI=1S/C12H13BrClN3/c13-12-10(16-11(7-15)17-12)6-3-8-1-4-9(14)5-2-8/h1-2,4-5H,3,6-7,15H2,(H,16,17). The molecule has 2 aromatic rings. The molecule has 3 nitrogen and oxygen atoms in total. The maximum Gasteiger partial charge on any atom is 0.127 e. The average molecular weight is 315 g/mol. The minimum Gasteiger partial charge on any atom is -0.344 e. The number of nitrogens with one attached hydrogen (secondary N) is 1. The zero-order valence-corrected chi connectivity index (χ0v) is 11.6. The summed E-state index contributed by atoms with van der Waals surface area (Å²) in [5, 5.41) is 0.766. The van der Waals surface area contributed by atoms with Crippen LogP contribution >= 0.6 is 27.5 Å². The summed E-state index contributed by atoms with van der Waals surface area (Å²) < 4.78 is 0.854. The SMILES string of the molecule is NCc1nc(Br)c(CCc2ccc(Cl)cc2)[nH]1. The van der Waals surface area contributed by atoms with Crippen molar-refractivity contribution in [3.8, 4) is 0 Å². The summed E-state index contributed by atoms with van der Waals surface area (Å²) in [6.45, 7) is 0.430. The van der Waals surface area contributed by atoms with Gasteiger partial charge in [0.25, 0.3) is 0 Å².